The molecule has 0 fully saturated rings. The van der Waals surface area contributed by atoms with Crippen LogP contribution in [0.15, 0.2) is 42.5 Å². The van der Waals surface area contributed by atoms with Gasteiger partial charge in [0.15, 0.2) is 29.7 Å². The molecule has 26 heavy (non-hydrogen) atoms. The van der Waals surface area contributed by atoms with Gasteiger partial charge in [0.25, 0.3) is 5.91 Å². The molecule has 0 radical (unpaired) electrons. The molecule has 0 heterocycles. The van der Waals surface area contributed by atoms with Crippen LogP contribution in [0.2, 0.25) is 0 Å². The molecule has 0 spiro atoms. The summed E-state index contributed by atoms with van der Waals surface area (Å²) in [4.78, 5) is 11.7. The molecule has 0 saturated heterocycles. The minimum Gasteiger partial charge on any atom is -0.493 e. The molecule has 0 atom stereocenters. The van der Waals surface area contributed by atoms with Crippen LogP contribution in [-0.2, 0) is 4.79 Å². The third-order valence-electron chi connectivity index (χ3n) is 3.12. The van der Waals surface area contributed by atoms with E-state index in [0.29, 0.717) is 11.5 Å². The largest absolute Gasteiger partial charge is 0.493 e. The van der Waals surface area contributed by atoms with E-state index >= 15 is 0 Å². The fraction of sp³-hybridized carbons (Fsp3) is 0.211. The molecule has 0 saturated carbocycles. The van der Waals surface area contributed by atoms with E-state index in [0.717, 1.165) is 12.1 Å². The van der Waals surface area contributed by atoms with Crippen LogP contribution < -0.4 is 19.5 Å². The zero-order chi connectivity index (χ0) is 18.8. The highest BCUT2D eigenvalue weighted by Gasteiger charge is 2.06. The summed E-state index contributed by atoms with van der Waals surface area (Å²) >= 11 is 0. The van der Waals surface area contributed by atoms with Gasteiger partial charge in [-0.15, -0.1) is 0 Å². The molecule has 0 aliphatic heterocycles. The predicted molar refractivity (Wildman–Crippen MR) is 91.1 cm³/mol. The molecular formula is C19H17F2NO4. The predicted octanol–water partition coefficient (Wildman–Crippen LogP) is 2.55. The summed E-state index contributed by atoms with van der Waals surface area (Å²) in [5.74, 6) is 4.35. The average Bonchev–Trinajstić information content (AvgIpc) is 2.64. The van der Waals surface area contributed by atoms with Crippen molar-refractivity contribution in [1.29, 1.82) is 0 Å². The zero-order valence-electron chi connectivity index (χ0n) is 14.1. The molecule has 0 aromatic heterocycles. The second kappa shape index (κ2) is 9.89. The van der Waals surface area contributed by atoms with Gasteiger partial charge in [-0.05, 0) is 24.3 Å². The normalized spacial score (nSPS) is 9.65. The Morgan fingerprint density at radius 1 is 1.04 bits per heavy atom. The van der Waals surface area contributed by atoms with Crippen LogP contribution in [0.5, 0.6) is 17.2 Å². The van der Waals surface area contributed by atoms with E-state index < -0.39 is 11.6 Å². The summed E-state index contributed by atoms with van der Waals surface area (Å²) in [6.45, 7) is -0.182. The van der Waals surface area contributed by atoms with Crippen LogP contribution in [0.25, 0.3) is 0 Å². The Balaban J connectivity index is 1.68. The van der Waals surface area contributed by atoms with Crippen molar-refractivity contribution in [3.05, 3.63) is 54.1 Å². The summed E-state index contributed by atoms with van der Waals surface area (Å²) in [5.41, 5.74) is 0. The minimum atomic E-state index is -0.798. The molecule has 1 N–H and O–H groups in total. The second-order valence-electron chi connectivity index (χ2n) is 4.93. The van der Waals surface area contributed by atoms with Crippen molar-refractivity contribution in [2.75, 3.05) is 26.9 Å². The van der Waals surface area contributed by atoms with Crippen LogP contribution in [-0.4, -0.2) is 32.8 Å². The van der Waals surface area contributed by atoms with E-state index in [1.807, 2.05) is 0 Å². The van der Waals surface area contributed by atoms with Gasteiger partial charge >= 0.3 is 0 Å². The molecule has 136 valence electrons. The smallest absolute Gasteiger partial charge is 0.258 e. The average molecular weight is 361 g/mol. The number of methoxy groups -OCH3 is 1. The number of nitrogens with one attached hydrogen (secondary N) is 1. The summed E-state index contributed by atoms with van der Waals surface area (Å²) in [6.07, 6.45) is 0. The van der Waals surface area contributed by atoms with Crippen molar-refractivity contribution < 1.29 is 27.8 Å². The maximum atomic E-state index is 13.3. The first kappa shape index (κ1) is 19.1. The topological polar surface area (TPSA) is 56.8 Å². The second-order valence-corrected chi connectivity index (χ2v) is 4.93. The van der Waals surface area contributed by atoms with Crippen molar-refractivity contribution in [3.8, 4) is 29.1 Å². The van der Waals surface area contributed by atoms with Gasteiger partial charge in [0.1, 0.15) is 12.4 Å². The summed E-state index contributed by atoms with van der Waals surface area (Å²) < 4.78 is 41.6. The number of para-hydroxylation sites is 2. The molecular weight excluding hydrogens is 344 g/mol. The van der Waals surface area contributed by atoms with Crippen molar-refractivity contribution in [1.82, 2.24) is 5.32 Å². The lowest BCUT2D eigenvalue weighted by Gasteiger charge is -2.09. The van der Waals surface area contributed by atoms with Gasteiger partial charge in [0.2, 0.25) is 0 Å². The SMILES string of the molecule is COc1ccccc1OCC(=O)NCC#CCOc1ccc(F)cc1F. The number of halogens is 2. The zero-order valence-corrected chi connectivity index (χ0v) is 14.1. The van der Waals surface area contributed by atoms with Crippen molar-refractivity contribution in [3.63, 3.8) is 0 Å². The first-order valence-electron chi connectivity index (χ1n) is 7.66. The number of carbonyl (C=O) groups is 1. The third-order valence-corrected chi connectivity index (χ3v) is 3.12. The molecule has 1 amide bonds. The van der Waals surface area contributed by atoms with Crippen LogP contribution >= 0.6 is 0 Å². The van der Waals surface area contributed by atoms with Crippen LogP contribution in [0, 0.1) is 23.5 Å². The number of hydrogen-bond acceptors (Lipinski definition) is 4. The first-order chi connectivity index (χ1) is 12.6. The van der Waals surface area contributed by atoms with Crippen LogP contribution in [0.4, 0.5) is 8.78 Å². The van der Waals surface area contributed by atoms with Gasteiger partial charge in [-0.3, -0.25) is 4.79 Å². The number of hydrogen-bond donors (Lipinski definition) is 1. The van der Waals surface area contributed by atoms with Gasteiger partial charge in [0.05, 0.1) is 13.7 Å². The maximum absolute atomic E-state index is 13.3. The van der Waals surface area contributed by atoms with Crippen LogP contribution in [0.3, 0.4) is 0 Å². The molecule has 0 unspecified atom stereocenters. The molecule has 5 nitrogen and oxygen atoms in total. The highest BCUT2D eigenvalue weighted by Crippen LogP contribution is 2.25. The lowest BCUT2D eigenvalue weighted by Crippen LogP contribution is -2.29. The van der Waals surface area contributed by atoms with Gasteiger partial charge in [-0.2, -0.15) is 0 Å². The van der Waals surface area contributed by atoms with Gasteiger partial charge in [0, 0.05) is 6.07 Å². The Morgan fingerprint density at radius 2 is 1.81 bits per heavy atom. The van der Waals surface area contributed by atoms with Crippen molar-refractivity contribution in [2.24, 2.45) is 0 Å². The van der Waals surface area contributed by atoms with E-state index in [9.17, 15) is 13.6 Å². The van der Waals surface area contributed by atoms with E-state index in [4.69, 9.17) is 14.2 Å². The fourth-order valence-electron chi connectivity index (χ4n) is 1.89. The van der Waals surface area contributed by atoms with E-state index in [1.165, 1.54) is 13.2 Å². The van der Waals surface area contributed by atoms with E-state index in [-0.39, 0.29) is 31.4 Å². The molecule has 2 aromatic carbocycles. The minimum absolute atomic E-state index is 0.0867. The number of ether oxygens (including phenoxy) is 3. The highest BCUT2D eigenvalue weighted by molar-refractivity contribution is 5.77. The lowest BCUT2D eigenvalue weighted by atomic mass is 10.3. The van der Waals surface area contributed by atoms with Gasteiger partial charge < -0.3 is 19.5 Å². The number of rotatable bonds is 7. The van der Waals surface area contributed by atoms with E-state index in [2.05, 4.69) is 17.2 Å². The Hall–Kier alpha value is -3.27. The molecule has 2 aromatic rings. The Labute approximate surface area is 149 Å². The summed E-state index contributed by atoms with van der Waals surface area (Å²) in [7, 11) is 1.51. The van der Waals surface area contributed by atoms with Crippen LogP contribution in [0.1, 0.15) is 0 Å². The van der Waals surface area contributed by atoms with Gasteiger partial charge in [-0.1, -0.05) is 24.0 Å². The summed E-state index contributed by atoms with van der Waals surface area (Å²) in [6, 6.07) is 9.98. The van der Waals surface area contributed by atoms with E-state index in [1.54, 1.807) is 24.3 Å². The number of amides is 1. The van der Waals surface area contributed by atoms with Crippen molar-refractivity contribution >= 4 is 5.91 Å². The molecule has 2 rings (SSSR count). The third kappa shape index (κ3) is 5.98. The fourth-order valence-corrected chi connectivity index (χ4v) is 1.89. The monoisotopic (exact) mass is 361 g/mol. The Morgan fingerprint density at radius 3 is 2.54 bits per heavy atom. The molecule has 0 bridgehead atoms. The lowest BCUT2D eigenvalue weighted by molar-refractivity contribution is -0.122. The highest BCUT2D eigenvalue weighted by atomic mass is 19.1. The molecule has 0 aliphatic carbocycles. The molecule has 0 aliphatic rings. The van der Waals surface area contributed by atoms with Crippen molar-refractivity contribution in [2.45, 2.75) is 0 Å². The standard InChI is InChI=1S/C19H17F2NO4/c1-24-17-6-2-3-7-18(17)26-13-19(23)22-10-4-5-11-25-16-9-8-14(20)12-15(16)21/h2-3,6-9,12H,10-11,13H2,1H3,(H,22,23). The maximum Gasteiger partial charge on any atom is 0.258 e. The number of benzene rings is 2. The number of carbonyl (C=O) groups excluding carboxylic acids is 1. The quantitative estimate of drug-likeness (QED) is 0.770. The molecule has 7 heteroatoms. The van der Waals surface area contributed by atoms with Gasteiger partial charge in [-0.25, -0.2) is 8.78 Å². The first-order valence-corrected chi connectivity index (χ1v) is 7.66. The Bertz CT molecular complexity index is 815. The summed E-state index contributed by atoms with van der Waals surface area (Å²) in [5, 5.41) is 2.55. The Kier molecular flexibility index (Phi) is 7.25.